The molecule has 0 radical (unpaired) electrons. The lowest BCUT2D eigenvalue weighted by atomic mass is 9.98. The zero-order valence-electron chi connectivity index (χ0n) is 29.9. The van der Waals surface area contributed by atoms with Gasteiger partial charge in [0.05, 0.1) is 0 Å². The second-order valence-electron chi connectivity index (χ2n) is 14.3. The molecule has 56 heavy (non-hydrogen) atoms. The van der Waals surface area contributed by atoms with Gasteiger partial charge in [-0.2, -0.15) is 0 Å². The fraction of sp³-hybridized carbons (Fsp3) is 0. The van der Waals surface area contributed by atoms with Crippen molar-refractivity contribution in [1.29, 1.82) is 0 Å². The number of fused-ring (bicyclic) bond motifs is 11. The maximum atomic E-state index is 6.77. The van der Waals surface area contributed by atoms with E-state index >= 15 is 0 Å². The molecule has 0 aliphatic rings. The van der Waals surface area contributed by atoms with Crippen molar-refractivity contribution in [3.63, 3.8) is 0 Å². The second kappa shape index (κ2) is 12.2. The lowest BCUT2D eigenvalue weighted by Crippen LogP contribution is -2.00. The van der Waals surface area contributed by atoms with Gasteiger partial charge in [0.2, 0.25) is 0 Å². The molecule has 5 heteroatoms. The van der Waals surface area contributed by atoms with Crippen LogP contribution < -0.4 is 0 Å². The Labute approximate surface area is 325 Å². The number of thiophene rings is 1. The minimum atomic E-state index is 0.602. The van der Waals surface area contributed by atoms with Crippen LogP contribution in [0.1, 0.15) is 0 Å². The average molecular weight is 732 g/mol. The molecule has 3 heterocycles. The third kappa shape index (κ3) is 4.81. The number of furan rings is 1. The van der Waals surface area contributed by atoms with Crippen molar-refractivity contribution in [2.45, 2.75) is 0 Å². The molecule has 0 atom stereocenters. The standard InChI is InChI=1S/C51H29N3OS/c1-2-12-32(13-3-1)49-52-50(35-23-25-37-33(28-35)21-20-30-10-4-6-14-36(30)37)54-51(53-49)42-18-9-19-43-46(42)41-17-8-16-39(48(41)55-43)34-22-26-40-45(29-34)56-44-27-24-31-11-5-7-15-38(31)47(40)44/h1-29H. The van der Waals surface area contributed by atoms with Gasteiger partial charge in [0.25, 0.3) is 0 Å². The summed E-state index contributed by atoms with van der Waals surface area (Å²) >= 11 is 1.84. The molecule has 0 aliphatic heterocycles. The number of rotatable bonds is 4. The molecule has 4 nitrogen and oxygen atoms in total. The number of hydrogen-bond donors (Lipinski definition) is 0. The highest BCUT2D eigenvalue weighted by Gasteiger charge is 2.20. The maximum absolute atomic E-state index is 6.77. The Kier molecular flexibility index (Phi) is 6.76. The fourth-order valence-corrected chi connectivity index (χ4v) is 9.63. The van der Waals surface area contributed by atoms with Gasteiger partial charge in [-0.25, -0.2) is 15.0 Å². The Morgan fingerprint density at radius 3 is 1.89 bits per heavy atom. The van der Waals surface area contributed by atoms with Crippen LogP contribution in [0.25, 0.3) is 120 Å². The van der Waals surface area contributed by atoms with Crippen molar-refractivity contribution < 1.29 is 4.42 Å². The first kappa shape index (κ1) is 31.2. The Balaban J connectivity index is 1.03. The van der Waals surface area contributed by atoms with Crippen molar-refractivity contribution in [2.24, 2.45) is 0 Å². The SMILES string of the molecule is c1ccc(-c2nc(-c3ccc4c(ccc5ccccc54)c3)nc(-c3cccc4oc5c(-c6ccc7c(c6)sc6ccc8ccccc8c67)cccc5c34)n2)cc1. The number of benzene rings is 9. The third-order valence-corrected chi connectivity index (χ3v) is 12.2. The van der Waals surface area contributed by atoms with Crippen molar-refractivity contribution >= 4 is 85.8 Å². The highest BCUT2D eigenvalue weighted by Crippen LogP contribution is 2.44. The van der Waals surface area contributed by atoms with Gasteiger partial charge in [0.1, 0.15) is 11.2 Å². The van der Waals surface area contributed by atoms with Crippen LogP contribution in [0.15, 0.2) is 180 Å². The Bertz CT molecular complexity index is 3550. The summed E-state index contributed by atoms with van der Waals surface area (Å²) in [7, 11) is 0. The van der Waals surface area contributed by atoms with Gasteiger partial charge in [0.15, 0.2) is 17.5 Å². The van der Waals surface area contributed by atoms with Crippen molar-refractivity contribution in [2.75, 3.05) is 0 Å². The number of hydrogen-bond acceptors (Lipinski definition) is 5. The summed E-state index contributed by atoms with van der Waals surface area (Å²) in [6, 6.07) is 62.0. The van der Waals surface area contributed by atoms with E-state index in [0.29, 0.717) is 17.5 Å². The van der Waals surface area contributed by atoms with E-state index in [1.807, 2.05) is 53.8 Å². The highest BCUT2D eigenvalue weighted by atomic mass is 32.1. The van der Waals surface area contributed by atoms with Crippen molar-refractivity contribution in [3.05, 3.63) is 176 Å². The topological polar surface area (TPSA) is 51.8 Å². The molecule has 12 aromatic rings. The molecule has 0 bridgehead atoms. The van der Waals surface area contributed by atoms with Crippen LogP contribution in [-0.4, -0.2) is 15.0 Å². The Morgan fingerprint density at radius 1 is 0.357 bits per heavy atom. The summed E-state index contributed by atoms with van der Waals surface area (Å²) in [6.07, 6.45) is 0. The summed E-state index contributed by atoms with van der Waals surface area (Å²) in [5.74, 6) is 1.85. The quantitative estimate of drug-likeness (QED) is 0.169. The van der Waals surface area contributed by atoms with E-state index in [-0.39, 0.29) is 0 Å². The first-order chi connectivity index (χ1) is 27.7. The van der Waals surface area contributed by atoms with Gasteiger partial charge in [-0.15, -0.1) is 11.3 Å². The molecule has 260 valence electrons. The van der Waals surface area contributed by atoms with E-state index in [0.717, 1.165) is 55.1 Å². The van der Waals surface area contributed by atoms with E-state index < -0.39 is 0 Å². The molecule has 0 spiro atoms. The summed E-state index contributed by atoms with van der Waals surface area (Å²) < 4.78 is 9.33. The van der Waals surface area contributed by atoms with E-state index in [1.54, 1.807) is 0 Å². The highest BCUT2D eigenvalue weighted by molar-refractivity contribution is 7.26. The smallest absolute Gasteiger partial charge is 0.164 e. The number of aromatic nitrogens is 3. The average Bonchev–Trinajstić information content (AvgIpc) is 3.85. The predicted molar refractivity (Wildman–Crippen MR) is 234 cm³/mol. The summed E-state index contributed by atoms with van der Waals surface area (Å²) in [6.45, 7) is 0. The number of nitrogens with zero attached hydrogens (tertiary/aromatic N) is 3. The third-order valence-electron chi connectivity index (χ3n) is 11.1. The van der Waals surface area contributed by atoms with Gasteiger partial charge in [-0.3, -0.25) is 0 Å². The summed E-state index contributed by atoms with van der Waals surface area (Å²) in [5, 5.41) is 12.0. The Hall–Kier alpha value is -7.21. The van der Waals surface area contributed by atoms with Gasteiger partial charge in [-0.05, 0) is 62.1 Å². The van der Waals surface area contributed by atoms with E-state index in [1.165, 1.54) is 47.1 Å². The zero-order valence-corrected chi connectivity index (χ0v) is 30.7. The first-order valence-electron chi connectivity index (χ1n) is 18.8. The zero-order chi connectivity index (χ0) is 36.7. The fourth-order valence-electron chi connectivity index (χ4n) is 8.47. The van der Waals surface area contributed by atoms with Crippen LogP contribution in [-0.2, 0) is 0 Å². The minimum absolute atomic E-state index is 0.602. The van der Waals surface area contributed by atoms with Crippen LogP contribution in [0.5, 0.6) is 0 Å². The van der Waals surface area contributed by atoms with Crippen molar-refractivity contribution in [1.82, 2.24) is 15.0 Å². The normalized spacial score (nSPS) is 11.9. The largest absolute Gasteiger partial charge is 0.455 e. The van der Waals surface area contributed by atoms with Crippen LogP contribution in [0.3, 0.4) is 0 Å². The van der Waals surface area contributed by atoms with Crippen molar-refractivity contribution in [3.8, 4) is 45.3 Å². The molecule has 0 amide bonds. The monoisotopic (exact) mass is 731 g/mol. The molecule has 0 N–H and O–H groups in total. The summed E-state index contributed by atoms with van der Waals surface area (Å²) in [5.41, 5.74) is 6.58. The van der Waals surface area contributed by atoms with Crippen LogP contribution >= 0.6 is 11.3 Å². The minimum Gasteiger partial charge on any atom is -0.455 e. The molecular formula is C51H29N3OS. The lowest BCUT2D eigenvalue weighted by Gasteiger charge is -2.10. The second-order valence-corrected chi connectivity index (χ2v) is 15.4. The molecule has 12 rings (SSSR count). The molecule has 9 aromatic carbocycles. The van der Waals surface area contributed by atoms with E-state index in [2.05, 4.69) is 133 Å². The maximum Gasteiger partial charge on any atom is 0.164 e. The molecule has 0 aliphatic carbocycles. The molecule has 3 aromatic heterocycles. The van der Waals surface area contributed by atoms with Gasteiger partial charge in [0, 0.05) is 53.2 Å². The van der Waals surface area contributed by atoms with Crippen LogP contribution in [0.4, 0.5) is 0 Å². The summed E-state index contributed by atoms with van der Waals surface area (Å²) in [4.78, 5) is 15.4. The molecule has 0 saturated carbocycles. The molecular weight excluding hydrogens is 703 g/mol. The van der Waals surface area contributed by atoms with E-state index in [4.69, 9.17) is 19.4 Å². The van der Waals surface area contributed by atoms with Gasteiger partial charge >= 0.3 is 0 Å². The van der Waals surface area contributed by atoms with E-state index in [9.17, 15) is 0 Å². The Morgan fingerprint density at radius 2 is 1.00 bits per heavy atom. The van der Waals surface area contributed by atoms with Crippen LogP contribution in [0, 0.1) is 0 Å². The first-order valence-corrected chi connectivity index (χ1v) is 19.6. The molecule has 0 unspecified atom stereocenters. The molecule has 0 fully saturated rings. The predicted octanol–water partition coefficient (Wildman–Crippen LogP) is 14.3. The van der Waals surface area contributed by atoms with Crippen LogP contribution in [0.2, 0.25) is 0 Å². The number of para-hydroxylation sites is 1. The van der Waals surface area contributed by atoms with Gasteiger partial charge in [-0.1, -0.05) is 152 Å². The lowest BCUT2D eigenvalue weighted by molar-refractivity contribution is 0.670. The van der Waals surface area contributed by atoms with Gasteiger partial charge < -0.3 is 4.42 Å². The molecule has 0 saturated heterocycles.